The van der Waals surface area contributed by atoms with Gasteiger partial charge in [0, 0.05) is 22.9 Å². The highest BCUT2D eigenvalue weighted by atomic mass is 35.5. The van der Waals surface area contributed by atoms with Gasteiger partial charge in [-0.3, -0.25) is 4.79 Å². The predicted molar refractivity (Wildman–Crippen MR) is 119 cm³/mol. The third-order valence-electron chi connectivity index (χ3n) is 4.29. The van der Waals surface area contributed by atoms with Gasteiger partial charge in [-0.25, -0.2) is 0 Å². The van der Waals surface area contributed by atoms with Gasteiger partial charge in [-0.2, -0.15) is 0 Å². The first-order valence-corrected chi connectivity index (χ1v) is 11.1. The van der Waals surface area contributed by atoms with Crippen LogP contribution < -0.4 is 5.32 Å². The smallest absolute Gasteiger partial charge is 0.251 e. The minimum absolute atomic E-state index is 0.257. The Hall–Kier alpha value is -1.73. The molecular formula is C20H19Cl3N4OS. The molecule has 2 aromatic carbocycles. The number of rotatable bonds is 7. The Morgan fingerprint density at radius 3 is 2.55 bits per heavy atom. The van der Waals surface area contributed by atoms with Gasteiger partial charge >= 0.3 is 0 Å². The van der Waals surface area contributed by atoms with Crippen LogP contribution in [0, 0.1) is 0 Å². The maximum atomic E-state index is 12.6. The van der Waals surface area contributed by atoms with E-state index in [4.69, 9.17) is 34.8 Å². The Kier molecular flexibility index (Phi) is 7.46. The third kappa shape index (κ3) is 5.25. The van der Waals surface area contributed by atoms with Crippen LogP contribution in [0.15, 0.2) is 47.6 Å². The molecule has 29 heavy (non-hydrogen) atoms. The summed E-state index contributed by atoms with van der Waals surface area (Å²) in [6, 6.07) is 12.2. The lowest BCUT2D eigenvalue weighted by atomic mass is 10.2. The molecule has 0 fully saturated rings. The first-order valence-electron chi connectivity index (χ1n) is 8.96. The highest BCUT2D eigenvalue weighted by molar-refractivity contribution is 7.98. The number of nitrogens with zero attached hydrogens (tertiary/aromatic N) is 3. The van der Waals surface area contributed by atoms with Crippen LogP contribution in [0.25, 0.3) is 0 Å². The Bertz CT molecular complexity index is 1020. The lowest BCUT2D eigenvalue weighted by Gasteiger charge is -2.15. The molecule has 1 N–H and O–H groups in total. The highest BCUT2D eigenvalue weighted by Gasteiger charge is 2.20. The molecule has 1 atom stereocenters. The van der Waals surface area contributed by atoms with Gasteiger partial charge in [-0.15, -0.1) is 10.2 Å². The van der Waals surface area contributed by atoms with Crippen LogP contribution in [-0.4, -0.2) is 20.7 Å². The average Bonchev–Trinajstić information content (AvgIpc) is 3.12. The molecule has 0 aliphatic rings. The van der Waals surface area contributed by atoms with Crippen molar-refractivity contribution in [3.05, 3.63) is 74.5 Å². The van der Waals surface area contributed by atoms with Crippen molar-refractivity contribution in [1.82, 2.24) is 20.1 Å². The number of thioether (sulfide) groups is 1. The molecule has 0 unspecified atom stereocenters. The average molecular weight is 470 g/mol. The van der Waals surface area contributed by atoms with E-state index in [1.807, 2.05) is 42.7 Å². The van der Waals surface area contributed by atoms with Crippen LogP contribution in [-0.2, 0) is 12.3 Å². The van der Waals surface area contributed by atoms with Crippen LogP contribution in [0.2, 0.25) is 15.1 Å². The van der Waals surface area contributed by atoms with E-state index in [-0.39, 0.29) is 11.9 Å². The van der Waals surface area contributed by atoms with Crippen molar-refractivity contribution in [3.8, 4) is 0 Å². The lowest BCUT2D eigenvalue weighted by molar-refractivity contribution is 0.0937. The van der Waals surface area contributed by atoms with Crippen LogP contribution in [0.1, 0.15) is 41.6 Å². The van der Waals surface area contributed by atoms with E-state index in [0.29, 0.717) is 33.7 Å². The predicted octanol–water partition coefficient (Wildman–Crippen LogP) is 6.04. The van der Waals surface area contributed by atoms with Gasteiger partial charge in [-0.1, -0.05) is 64.8 Å². The van der Waals surface area contributed by atoms with E-state index in [2.05, 4.69) is 15.5 Å². The molecule has 0 bridgehead atoms. The van der Waals surface area contributed by atoms with E-state index in [9.17, 15) is 4.79 Å². The number of carbonyl (C=O) groups is 1. The Morgan fingerprint density at radius 2 is 1.86 bits per heavy atom. The number of amides is 1. The number of nitrogens with one attached hydrogen (secondary N) is 1. The summed E-state index contributed by atoms with van der Waals surface area (Å²) in [6.45, 7) is 4.56. The maximum absolute atomic E-state index is 12.6. The minimum Gasteiger partial charge on any atom is -0.342 e. The first kappa shape index (κ1) is 22.0. The van der Waals surface area contributed by atoms with Gasteiger partial charge in [-0.05, 0) is 43.7 Å². The Balaban J connectivity index is 1.72. The number of benzene rings is 2. The summed E-state index contributed by atoms with van der Waals surface area (Å²) < 4.78 is 1.99. The second kappa shape index (κ2) is 9.85. The zero-order chi connectivity index (χ0) is 21.0. The molecule has 1 amide bonds. The highest BCUT2D eigenvalue weighted by Crippen LogP contribution is 2.27. The molecule has 3 aromatic rings. The fourth-order valence-corrected chi connectivity index (χ4v) is 4.36. The third-order valence-corrected chi connectivity index (χ3v) is 6.42. The lowest BCUT2D eigenvalue weighted by Crippen LogP contribution is -2.28. The molecular weight excluding hydrogens is 451 g/mol. The van der Waals surface area contributed by atoms with Gasteiger partial charge in [0.15, 0.2) is 11.0 Å². The summed E-state index contributed by atoms with van der Waals surface area (Å²) in [5.41, 5.74) is 1.47. The number of carbonyl (C=O) groups excluding carboxylic acids is 1. The molecule has 1 heterocycles. The van der Waals surface area contributed by atoms with Crippen LogP contribution in [0.4, 0.5) is 0 Å². The van der Waals surface area contributed by atoms with Crippen molar-refractivity contribution in [2.45, 2.75) is 37.3 Å². The number of halogens is 3. The Labute approximate surface area is 188 Å². The number of hydrogen-bond donors (Lipinski definition) is 1. The molecule has 0 aliphatic heterocycles. The fourth-order valence-electron chi connectivity index (χ4n) is 2.76. The van der Waals surface area contributed by atoms with Crippen molar-refractivity contribution in [3.63, 3.8) is 0 Å². The summed E-state index contributed by atoms with van der Waals surface area (Å²) >= 11 is 19.7. The molecule has 5 nitrogen and oxygen atoms in total. The number of aromatic nitrogens is 3. The minimum atomic E-state index is -0.334. The molecule has 3 rings (SSSR count). The van der Waals surface area contributed by atoms with Gasteiger partial charge in [0.1, 0.15) is 0 Å². The molecule has 9 heteroatoms. The zero-order valence-corrected chi connectivity index (χ0v) is 18.9. The van der Waals surface area contributed by atoms with E-state index in [1.54, 1.807) is 30.0 Å². The largest absolute Gasteiger partial charge is 0.342 e. The van der Waals surface area contributed by atoms with Crippen LogP contribution in [0.3, 0.4) is 0 Å². The summed E-state index contributed by atoms with van der Waals surface area (Å²) in [7, 11) is 0. The molecule has 0 saturated heterocycles. The number of hydrogen-bond acceptors (Lipinski definition) is 4. The zero-order valence-electron chi connectivity index (χ0n) is 15.8. The standard InChI is InChI=1S/C20H19Cl3N4OS/c1-3-27-18(12(2)24-19(28)13-8-9-16(22)17(23)10-13)25-26-20(27)29-11-14-6-4-5-7-15(14)21/h4-10,12H,3,11H2,1-2H3,(H,24,28)/t12-/m1/s1. The van der Waals surface area contributed by atoms with E-state index >= 15 is 0 Å². The first-order chi connectivity index (χ1) is 13.9. The maximum Gasteiger partial charge on any atom is 0.251 e. The Morgan fingerprint density at radius 1 is 1.10 bits per heavy atom. The van der Waals surface area contributed by atoms with Gasteiger partial charge in [0.05, 0.1) is 16.1 Å². The molecule has 1 aromatic heterocycles. The van der Waals surface area contributed by atoms with Crippen molar-refractivity contribution in [2.24, 2.45) is 0 Å². The molecule has 0 spiro atoms. The van der Waals surface area contributed by atoms with E-state index in [0.717, 1.165) is 15.7 Å². The normalized spacial score (nSPS) is 12.0. The topological polar surface area (TPSA) is 59.8 Å². The van der Waals surface area contributed by atoms with E-state index in [1.165, 1.54) is 0 Å². The SMILES string of the molecule is CCn1c(SCc2ccccc2Cl)nnc1[C@@H](C)NC(=O)c1ccc(Cl)c(Cl)c1. The molecule has 0 saturated carbocycles. The van der Waals surface area contributed by atoms with Gasteiger partial charge in [0.25, 0.3) is 5.91 Å². The second-order valence-electron chi connectivity index (χ2n) is 6.29. The van der Waals surface area contributed by atoms with Gasteiger partial charge in [0.2, 0.25) is 0 Å². The molecule has 152 valence electrons. The fraction of sp³-hybridized carbons (Fsp3) is 0.250. The van der Waals surface area contributed by atoms with Crippen molar-refractivity contribution < 1.29 is 4.79 Å². The van der Waals surface area contributed by atoms with E-state index < -0.39 is 0 Å². The molecule has 0 radical (unpaired) electrons. The summed E-state index contributed by atoms with van der Waals surface area (Å²) in [6.07, 6.45) is 0. The van der Waals surface area contributed by atoms with Gasteiger partial charge < -0.3 is 9.88 Å². The quantitative estimate of drug-likeness (QED) is 0.428. The summed E-state index contributed by atoms with van der Waals surface area (Å²) in [5.74, 6) is 1.11. The summed E-state index contributed by atoms with van der Waals surface area (Å²) in [4.78, 5) is 12.6. The van der Waals surface area contributed by atoms with Crippen molar-refractivity contribution in [1.29, 1.82) is 0 Å². The van der Waals surface area contributed by atoms with Crippen LogP contribution >= 0.6 is 46.6 Å². The second-order valence-corrected chi connectivity index (χ2v) is 8.45. The van der Waals surface area contributed by atoms with Crippen molar-refractivity contribution in [2.75, 3.05) is 0 Å². The molecule has 0 aliphatic carbocycles. The monoisotopic (exact) mass is 468 g/mol. The van der Waals surface area contributed by atoms with Crippen LogP contribution in [0.5, 0.6) is 0 Å². The summed E-state index contributed by atoms with van der Waals surface area (Å²) in [5, 5.41) is 13.8. The van der Waals surface area contributed by atoms with Crippen molar-refractivity contribution >= 4 is 52.5 Å².